The molecule has 0 atom stereocenters. The molecule has 0 aromatic carbocycles. The highest BCUT2D eigenvalue weighted by molar-refractivity contribution is 9.10. The number of pyridine rings is 1. The van der Waals surface area contributed by atoms with Gasteiger partial charge in [-0.2, -0.15) is 0 Å². The Hall–Kier alpha value is -1.77. The lowest BCUT2D eigenvalue weighted by atomic mass is 10.2. The number of thiophene rings is 1. The highest BCUT2D eigenvalue weighted by atomic mass is 79.9. The van der Waals surface area contributed by atoms with Crippen molar-refractivity contribution in [1.29, 1.82) is 0 Å². The molecule has 0 saturated carbocycles. The number of carbonyl (C=O) groups is 2. The van der Waals surface area contributed by atoms with Gasteiger partial charge in [0, 0.05) is 56.1 Å². The van der Waals surface area contributed by atoms with Crippen LogP contribution in [0.5, 0.6) is 0 Å². The second-order valence-corrected chi connectivity index (χ2v) is 7.62. The fourth-order valence-electron chi connectivity index (χ4n) is 2.71. The molecule has 1 N–H and O–H groups in total. The first-order valence-corrected chi connectivity index (χ1v) is 9.74. The van der Waals surface area contributed by atoms with Crippen LogP contribution >= 0.6 is 27.3 Å². The molecule has 3 heterocycles. The molecule has 132 valence electrons. The molecule has 2 amide bonds. The molecular weight excluding hydrogens is 404 g/mol. The summed E-state index contributed by atoms with van der Waals surface area (Å²) in [5, 5.41) is 4.83. The second-order valence-electron chi connectivity index (χ2n) is 5.76. The van der Waals surface area contributed by atoms with E-state index in [9.17, 15) is 9.59 Å². The van der Waals surface area contributed by atoms with Gasteiger partial charge in [-0.15, -0.1) is 11.3 Å². The van der Waals surface area contributed by atoms with Gasteiger partial charge in [-0.25, -0.2) is 0 Å². The average molecular weight is 423 g/mol. The van der Waals surface area contributed by atoms with Gasteiger partial charge in [0.25, 0.3) is 11.8 Å². The van der Waals surface area contributed by atoms with Gasteiger partial charge in [-0.05, 0) is 33.4 Å². The number of piperazine rings is 1. The zero-order valence-corrected chi connectivity index (χ0v) is 16.1. The van der Waals surface area contributed by atoms with Crippen molar-refractivity contribution < 1.29 is 9.59 Å². The topological polar surface area (TPSA) is 65.5 Å². The molecule has 8 heteroatoms. The Morgan fingerprint density at radius 3 is 2.72 bits per heavy atom. The first-order valence-electron chi connectivity index (χ1n) is 8.07. The van der Waals surface area contributed by atoms with E-state index in [2.05, 4.69) is 31.1 Å². The lowest BCUT2D eigenvalue weighted by Crippen LogP contribution is -2.50. The van der Waals surface area contributed by atoms with Gasteiger partial charge in [0.15, 0.2) is 0 Å². The quantitative estimate of drug-likeness (QED) is 0.800. The predicted octanol–water partition coefficient (Wildman–Crippen LogP) is 2.09. The van der Waals surface area contributed by atoms with Crippen LogP contribution in [0.1, 0.15) is 20.0 Å². The van der Waals surface area contributed by atoms with Gasteiger partial charge in [0.05, 0.1) is 10.4 Å². The van der Waals surface area contributed by atoms with Crippen LogP contribution in [0.3, 0.4) is 0 Å². The van der Waals surface area contributed by atoms with Crippen LogP contribution in [-0.4, -0.2) is 65.9 Å². The summed E-state index contributed by atoms with van der Waals surface area (Å²) in [7, 11) is 0. The minimum Gasteiger partial charge on any atom is -0.350 e. The molecule has 1 aliphatic heterocycles. The van der Waals surface area contributed by atoms with Crippen LogP contribution in [-0.2, 0) is 0 Å². The van der Waals surface area contributed by atoms with E-state index in [4.69, 9.17) is 0 Å². The van der Waals surface area contributed by atoms with Gasteiger partial charge in [-0.1, -0.05) is 6.07 Å². The van der Waals surface area contributed by atoms with Crippen molar-refractivity contribution in [2.45, 2.75) is 0 Å². The van der Waals surface area contributed by atoms with Crippen molar-refractivity contribution in [2.75, 3.05) is 39.3 Å². The van der Waals surface area contributed by atoms with Crippen LogP contribution in [0.2, 0.25) is 0 Å². The minimum atomic E-state index is -0.0223. The molecule has 25 heavy (non-hydrogen) atoms. The van der Waals surface area contributed by atoms with Crippen molar-refractivity contribution in [3.63, 3.8) is 0 Å². The molecular formula is C17H19BrN4O2S. The van der Waals surface area contributed by atoms with E-state index in [1.54, 1.807) is 18.5 Å². The van der Waals surface area contributed by atoms with Crippen molar-refractivity contribution in [1.82, 2.24) is 20.1 Å². The van der Waals surface area contributed by atoms with E-state index in [1.165, 1.54) is 11.3 Å². The monoisotopic (exact) mass is 422 g/mol. The lowest BCUT2D eigenvalue weighted by Gasteiger charge is -2.34. The van der Waals surface area contributed by atoms with Crippen LogP contribution < -0.4 is 5.32 Å². The number of carbonyl (C=O) groups excluding carboxylic acids is 2. The van der Waals surface area contributed by atoms with E-state index in [0.717, 1.165) is 29.0 Å². The molecule has 6 nitrogen and oxygen atoms in total. The summed E-state index contributed by atoms with van der Waals surface area (Å²) in [6.07, 6.45) is 3.26. The first-order chi connectivity index (χ1) is 12.1. The van der Waals surface area contributed by atoms with Crippen LogP contribution in [0.25, 0.3) is 0 Å². The molecule has 0 bridgehead atoms. The summed E-state index contributed by atoms with van der Waals surface area (Å²) < 4.78 is 0.804. The van der Waals surface area contributed by atoms with Crippen LogP contribution in [0.4, 0.5) is 0 Å². The Kier molecular flexibility index (Phi) is 6.17. The average Bonchev–Trinajstić information content (AvgIpc) is 3.16. The van der Waals surface area contributed by atoms with Gasteiger partial charge in [0.2, 0.25) is 0 Å². The molecule has 0 radical (unpaired) electrons. The number of nitrogens with one attached hydrogen (secondary N) is 1. The third-order valence-electron chi connectivity index (χ3n) is 4.07. The SMILES string of the molecule is O=C(NCCN1CCN(C(=O)c2cncc(Br)c2)CC1)c1cccs1. The number of hydrogen-bond donors (Lipinski definition) is 1. The predicted molar refractivity (Wildman–Crippen MR) is 101 cm³/mol. The molecule has 0 spiro atoms. The molecule has 1 aliphatic rings. The lowest BCUT2D eigenvalue weighted by molar-refractivity contribution is 0.0637. The van der Waals surface area contributed by atoms with Gasteiger partial charge in [-0.3, -0.25) is 19.5 Å². The molecule has 0 unspecified atom stereocenters. The highest BCUT2D eigenvalue weighted by Crippen LogP contribution is 2.13. The Morgan fingerprint density at radius 2 is 2.04 bits per heavy atom. The Morgan fingerprint density at radius 1 is 1.24 bits per heavy atom. The van der Waals surface area contributed by atoms with Gasteiger partial charge >= 0.3 is 0 Å². The summed E-state index contributed by atoms with van der Waals surface area (Å²) in [5.74, 6) is -0.00887. The zero-order valence-electron chi connectivity index (χ0n) is 13.7. The van der Waals surface area contributed by atoms with Crippen LogP contribution in [0.15, 0.2) is 40.4 Å². The number of halogens is 1. The van der Waals surface area contributed by atoms with Crippen molar-refractivity contribution >= 4 is 39.1 Å². The fourth-order valence-corrected chi connectivity index (χ4v) is 3.71. The summed E-state index contributed by atoms with van der Waals surface area (Å²) >= 11 is 4.78. The van der Waals surface area contributed by atoms with E-state index >= 15 is 0 Å². The normalized spacial score (nSPS) is 15.2. The fraction of sp³-hybridized carbons (Fsp3) is 0.353. The maximum atomic E-state index is 12.5. The third kappa shape index (κ3) is 4.87. The zero-order chi connectivity index (χ0) is 17.6. The van der Waals surface area contributed by atoms with Crippen molar-refractivity contribution in [3.8, 4) is 0 Å². The van der Waals surface area contributed by atoms with E-state index in [-0.39, 0.29) is 11.8 Å². The summed E-state index contributed by atoms with van der Waals surface area (Å²) in [6.45, 7) is 4.39. The summed E-state index contributed by atoms with van der Waals surface area (Å²) in [4.78, 5) is 33.3. The van der Waals surface area contributed by atoms with E-state index in [1.807, 2.05) is 22.4 Å². The largest absolute Gasteiger partial charge is 0.350 e. The third-order valence-corrected chi connectivity index (χ3v) is 5.37. The van der Waals surface area contributed by atoms with Crippen LogP contribution in [0, 0.1) is 0 Å². The molecule has 2 aromatic heterocycles. The van der Waals surface area contributed by atoms with Crippen molar-refractivity contribution in [3.05, 3.63) is 50.9 Å². The number of hydrogen-bond acceptors (Lipinski definition) is 5. The molecule has 3 rings (SSSR count). The first kappa shape index (κ1) is 18.0. The standard InChI is InChI=1S/C17H19BrN4O2S/c18-14-10-13(11-19-12-14)17(24)22-7-5-21(6-8-22)4-3-20-16(23)15-2-1-9-25-15/h1-2,9-12H,3-8H2,(H,20,23). The molecule has 1 fully saturated rings. The number of rotatable bonds is 5. The maximum Gasteiger partial charge on any atom is 0.261 e. The Labute approximate surface area is 159 Å². The van der Waals surface area contributed by atoms with E-state index < -0.39 is 0 Å². The molecule has 1 saturated heterocycles. The Bertz CT molecular complexity index is 730. The molecule has 2 aromatic rings. The minimum absolute atomic E-state index is 0.0134. The second kappa shape index (κ2) is 8.55. The smallest absolute Gasteiger partial charge is 0.261 e. The number of nitrogens with zero attached hydrogens (tertiary/aromatic N) is 3. The van der Waals surface area contributed by atoms with Gasteiger partial charge < -0.3 is 10.2 Å². The Balaban J connectivity index is 1.41. The maximum absolute atomic E-state index is 12.5. The summed E-state index contributed by atoms with van der Waals surface area (Å²) in [5.41, 5.74) is 0.603. The molecule has 0 aliphatic carbocycles. The van der Waals surface area contributed by atoms with E-state index in [0.29, 0.717) is 25.2 Å². The van der Waals surface area contributed by atoms with Crippen molar-refractivity contribution in [2.24, 2.45) is 0 Å². The summed E-state index contributed by atoms with van der Waals surface area (Å²) in [6, 6.07) is 5.49. The van der Waals surface area contributed by atoms with Gasteiger partial charge in [0.1, 0.15) is 0 Å². The number of amides is 2. The number of aromatic nitrogens is 1. The highest BCUT2D eigenvalue weighted by Gasteiger charge is 2.22.